The van der Waals surface area contributed by atoms with Crippen LogP contribution >= 0.6 is 11.8 Å². The number of carbonyl (C=O) groups excluding carboxylic acids is 1. The zero-order valence-electron chi connectivity index (χ0n) is 9.75. The molecule has 2 aliphatic rings. The molecule has 1 amide bonds. The third kappa shape index (κ3) is 3.37. The Labute approximate surface area is 101 Å². The van der Waals surface area contributed by atoms with Crippen molar-refractivity contribution in [2.75, 3.05) is 31.3 Å². The van der Waals surface area contributed by atoms with Crippen LogP contribution in [0, 0.1) is 0 Å². The third-order valence-corrected chi connectivity index (χ3v) is 4.22. The van der Waals surface area contributed by atoms with Gasteiger partial charge in [0.15, 0.2) is 0 Å². The topological polar surface area (TPSA) is 50.4 Å². The minimum Gasteiger partial charge on any atom is -0.379 e. The van der Waals surface area contributed by atoms with Crippen LogP contribution in [-0.2, 0) is 9.53 Å². The van der Waals surface area contributed by atoms with Crippen LogP contribution in [0.4, 0.5) is 0 Å². The predicted molar refractivity (Wildman–Crippen MR) is 65.7 cm³/mol. The summed E-state index contributed by atoms with van der Waals surface area (Å²) in [7, 11) is 0. The van der Waals surface area contributed by atoms with Gasteiger partial charge in [0, 0.05) is 37.1 Å². The first-order valence-corrected chi connectivity index (χ1v) is 7.03. The van der Waals surface area contributed by atoms with Gasteiger partial charge in [-0.05, 0) is 13.3 Å². The van der Waals surface area contributed by atoms with E-state index in [0.29, 0.717) is 19.1 Å². The van der Waals surface area contributed by atoms with Crippen LogP contribution in [0.5, 0.6) is 0 Å². The number of ether oxygens (including phenoxy) is 1. The Kier molecular flexibility index (Phi) is 4.10. The molecule has 2 rings (SSSR count). The van der Waals surface area contributed by atoms with E-state index in [-0.39, 0.29) is 11.4 Å². The number of thioether (sulfide) groups is 1. The van der Waals surface area contributed by atoms with Crippen molar-refractivity contribution in [3.63, 3.8) is 0 Å². The number of carbonyl (C=O) groups is 1. The van der Waals surface area contributed by atoms with Gasteiger partial charge in [-0.2, -0.15) is 11.8 Å². The maximum Gasteiger partial charge on any atom is 0.222 e. The van der Waals surface area contributed by atoms with E-state index in [9.17, 15) is 4.79 Å². The molecule has 0 saturated carbocycles. The van der Waals surface area contributed by atoms with Crippen molar-refractivity contribution in [3.8, 4) is 0 Å². The average Bonchev–Trinajstić information content (AvgIpc) is 2.66. The van der Waals surface area contributed by atoms with Gasteiger partial charge in [-0.3, -0.25) is 4.79 Å². The molecule has 0 radical (unpaired) electrons. The first-order valence-electron chi connectivity index (χ1n) is 5.88. The lowest BCUT2D eigenvalue weighted by Crippen LogP contribution is -2.49. The van der Waals surface area contributed by atoms with E-state index in [2.05, 4.69) is 17.6 Å². The molecule has 5 heteroatoms. The lowest BCUT2D eigenvalue weighted by atomic mass is 10.0. The van der Waals surface area contributed by atoms with Crippen molar-refractivity contribution in [2.45, 2.75) is 31.3 Å². The molecular formula is C11H20N2O2S. The summed E-state index contributed by atoms with van der Waals surface area (Å²) < 4.78 is 5.32. The fourth-order valence-electron chi connectivity index (χ4n) is 2.13. The molecule has 2 heterocycles. The van der Waals surface area contributed by atoms with E-state index in [0.717, 1.165) is 31.1 Å². The second kappa shape index (κ2) is 5.38. The van der Waals surface area contributed by atoms with E-state index >= 15 is 0 Å². The van der Waals surface area contributed by atoms with E-state index in [1.807, 2.05) is 11.8 Å². The highest BCUT2D eigenvalue weighted by atomic mass is 32.2. The number of nitrogens with one attached hydrogen (secondary N) is 2. The van der Waals surface area contributed by atoms with Crippen LogP contribution in [0.2, 0.25) is 0 Å². The zero-order chi connectivity index (χ0) is 11.4. The van der Waals surface area contributed by atoms with Crippen molar-refractivity contribution in [2.24, 2.45) is 0 Å². The number of hydrogen-bond donors (Lipinski definition) is 2. The molecule has 2 N–H and O–H groups in total. The highest BCUT2D eigenvalue weighted by molar-refractivity contribution is 7.99. The third-order valence-electron chi connectivity index (χ3n) is 3.09. The number of hydrogen-bond acceptors (Lipinski definition) is 4. The SMILES string of the molecule is CC1(NC(=O)CC2CSCCN2)CCOC1. The van der Waals surface area contributed by atoms with E-state index in [1.165, 1.54) is 0 Å². The predicted octanol–water partition coefficient (Wildman–Crippen LogP) is 0.377. The lowest BCUT2D eigenvalue weighted by molar-refractivity contribution is -0.123. The summed E-state index contributed by atoms with van der Waals surface area (Å²) in [5.74, 6) is 2.35. The Morgan fingerprint density at radius 2 is 2.56 bits per heavy atom. The minimum absolute atomic E-state index is 0.140. The largest absolute Gasteiger partial charge is 0.379 e. The van der Waals surface area contributed by atoms with Gasteiger partial charge >= 0.3 is 0 Å². The Bertz CT molecular complexity index is 248. The average molecular weight is 244 g/mol. The van der Waals surface area contributed by atoms with Crippen LogP contribution in [0.15, 0.2) is 0 Å². The van der Waals surface area contributed by atoms with Crippen molar-refractivity contribution in [1.82, 2.24) is 10.6 Å². The monoisotopic (exact) mass is 244 g/mol. The normalized spacial score (nSPS) is 34.9. The maximum absolute atomic E-state index is 11.9. The van der Waals surface area contributed by atoms with Crippen LogP contribution < -0.4 is 10.6 Å². The Morgan fingerprint density at radius 1 is 1.69 bits per heavy atom. The van der Waals surface area contributed by atoms with Gasteiger partial charge in [-0.15, -0.1) is 0 Å². The molecule has 0 aromatic carbocycles. The molecule has 0 aromatic rings. The van der Waals surface area contributed by atoms with Crippen molar-refractivity contribution in [3.05, 3.63) is 0 Å². The molecule has 2 aliphatic heterocycles. The van der Waals surface area contributed by atoms with Gasteiger partial charge in [0.05, 0.1) is 12.1 Å². The summed E-state index contributed by atoms with van der Waals surface area (Å²) in [6.45, 7) is 4.48. The van der Waals surface area contributed by atoms with Gasteiger partial charge in [0.1, 0.15) is 0 Å². The molecule has 0 spiro atoms. The summed E-state index contributed by atoms with van der Waals surface area (Å²) >= 11 is 1.92. The smallest absolute Gasteiger partial charge is 0.222 e. The van der Waals surface area contributed by atoms with Gasteiger partial charge in [0.25, 0.3) is 0 Å². The first-order chi connectivity index (χ1) is 7.68. The quantitative estimate of drug-likeness (QED) is 0.753. The van der Waals surface area contributed by atoms with Gasteiger partial charge in [-0.1, -0.05) is 0 Å². The van der Waals surface area contributed by atoms with Gasteiger partial charge < -0.3 is 15.4 Å². The standard InChI is InChI=1S/C11H20N2O2S/c1-11(2-4-15-8-11)13-10(14)6-9-7-16-5-3-12-9/h9,12H,2-8H2,1H3,(H,13,14). The highest BCUT2D eigenvalue weighted by Gasteiger charge is 2.31. The molecule has 2 fully saturated rings. The van der Waals surface area contributed by atoms with Crippen molar-refractivity contribution >= 4 is 17.7 Å². The number of rotatable bonds is 3. The second-order valence-corrected chi connectivity index (χ2v) is 5.99. The molecule has 2 unspecified atom stereocenters. The number of amides is 1. The van der Waals surface area contributed by atoms with E-state index < -0.39 is 0 Å². The highest BCUT2D eigenvalue weighted by Crippen LogP contribution is 2.18. The Hall–Kier alpha value is -0.260. The van der Waals surface area contributed by atoms with E-state index in [4.69, 9.17) is 4.74 Å². The summed E-state index contributed by atoms with van der Waals surface area (Å²) in [4.78, 5) is 11.9. The van der Waals surface area contributed by atoms with Crippen LogP contribution in [-0.4, -0.2) is 48.8 Å². The maximum atomic E-state index is 11.9. The minimum atomic E-state index is -0.140. The Balaban J connectivity index is 1.74. The molecule has 16 heavy (non-hydrogen) atoms. The molecule has 0 bridgehead atoms. The summed E-state index contributed by atoms with van der Waals surface area (Å²) in [5, 5.41) is 6.46. The summed E-state index contributed by atoms with van der Waals surface area (Å²) in [6, 6.07) is 0.338. The lowest BCUT2D eigenvalue weighted by Gasteiger charge is -2.27. The van der Waals surface area contributed by atoms with Gasteiger partial charge in [0.2, 0.25) is 5.91 Å². The molecule has 0 aliphatic carbocycles. The molecule has 92 valence electrons. The first kappa shape index (κ1) is 12.2. The molecule has 2 saturated heterocycles. The molecule has 0 aromatic heterocycles. The van der Waals surface area contributed by atoms with Crippen LogP contribution in [0.3, 0.4) is 0 Å². The Morgan fingerprint density at radius 3 is 3.19 bits per heavy atom. The fourth-order valence-corrected chi connectivity index (χ4v) is 3.08. The zero-order valence-corrected chi connectivity index (χ0v) is 10.6. The molecular weight excluding hydrogens is 224 g/mol. The molecule has 2 atom stereocenters. The van der Waals surface area contributed by atoms with Crippen LogP contribution in [0.1, 0.15) is 19.8 Å². The molecule has 4 nitrogen and oxygen atoms in total. The van der Waals surface area contributed by atoms with E-state index in [1.54, 1.807) is 0 Å². The summed E-state index contributed by atoms with van der Waals surface area (Å²) in [6.07, 6.45) is 1.51. The van der Waals surface area contributed by atoms with Crippen molar-refractivity contribution < 1.29 is 9.53 Å². The fraction of sp³-hybridized carbons (Fsp3) is 0.909. The second-order valence-electron chi connectivity index (χ2n) is 4.84. The van der Waals surface area contributed by atoms with Crippen LogP contribution in [0.25, 0.3) is 0 Å². The summed E-state index contributed by atoms with van der Waals surface area (Å²) in [5.41, 5.74) is -0.140. The van der Waals surface area contributed by atoms with Crippen molar-refractivity contribution in [1.29, 1.82) is 0 Å². The van der Waals surface area contributed by atoms with Gasteiger partial charge in [-0.25, -0.2) is 0 Å².